The van der Waals surface area contributed by atoms with Crippen molar-refractivity contribution in [1.82, 2.24) is 4.98 Å². The summed E-state index contributed by atoms with van der Waals surface area (Å²) in [5.74, 6) is -0.450. The SMILES string of the molecule is CCCOc1cccc([C@@H]2C(=C(O)c3ccc(C)cc3)C(=O)C(=O)N2c2nc3ccc(OC)cc3s2)c1. The summed E-state index contributed by atoms with van der Waals surface area (Å²) >= 11 is 1.28. The fourth-order valence-electron chi connectivity index (χ4n) is 4.33. The zero-order valence-corrected chi connectivity index (χ0v) is 21.5. The minimum Gasteiger partial charge on any atom is -0.507 e. The number of thiazole rings is 1. The summed E-state index contributed by atoms with van der Waals surface area (Å²) in [7, 11) is 1.58. The van der Waals surface area contributed by atoms with Gasteiger partial charge in [0.1, 0.15) is 17.3 Å². The average Bonchev–Trinajstić information content (AvgIpc) is 3.45. The standard InChI is InChI=1S/C29H26N2O5S/c1-4-14-36-21-7-5-6-19(15-21)25-24(26(32)18-10-8-17(2)9-11-18)27(33)28(34)31(25)29-30-22-13-12-20(35-3)16-23(22)37-29/h5-13,15-16,25,32H,4,14H2,1-3H3/t25-/m1/s1. The number of aryl methyl sites for hydroxylation is 1. The molecule has 0 aliphatic carbocycles. The number of ether oxygens (including phenoxy) is 2. The van der Waals surface area contributed by atoms with Gasteiger partial charge in [-0.3, -0.25) is 14.5 Å². The Hall–Kier alpha value is -4.17. The monoisotopic (exact) mass is 514 g/mol. The molecule has 1 saturated heterocycles. The van der Waals surface area contributed by atoms with Crippen LogP contribution in [0.25, 0.3) is 16.0 Å². The Kier molecular flexibility index (Phi) is 6.67. The smallest absolute Gasteiger partial charge is 0.301 e. The third-order valence-electron chi connectivity index (χ3n) is 6.21. The number of fused-ring (bicyclic) bond motifs is 1. The molecule has 1 amide bonds. The van der Waals surface area contributed by atoms with E-state index in [1.807, 2.05) is 56.3 Å². The second kappa shape index (κ2) is 10.1. The highest BCUT2D eigenvalue weighted by atomic mass is 32.1. The third-order valence-corrected chi connectivity index (χ3v) is 7.22. The van der Waals surface area contributed by atoms with Crippen molar-refractivity contribution >= 4 is 44.1 Å². The van der Waals surface area contributed by atoms with Gasteiger partial charge in [0.15, 0.2) is 5.13 Å². The lowest BCUT2D eigenvalue weighted by molar-refractivity contribution is -0.132. The molecule has 0 saturated carbocycles. The molecule has 1 fully saturated rings. The molecule has 1 aliphatic rings. The molecule has 7 nitrogen and oxygen atoms in total. The maximum atomic E-state index is 13.5. The first kappa shape index (κ1) is 24.5. The van der Waals surface area contributed by atoms with Crippen molar-refractivity contribution in [2.75, 3.05) is 18.6 Å². The van der Waals surface area contributed by atoms with Crippen molar-refractivity contribution < 1.29 is 24.2 Å². The van der Waals surface area contributed by atoms with Gasteiger partial charge in [0, 0.05) is 5.56 Å². The van der Waals surface area contributed by atoms with Crippen molar-refractivity contribution in [2.45, 2.75) is 26.3 Å². The molecule has 4 aromatic rings. The van der Waals surface area contributed by atoms with Crippen LogP contribution in [-0.2, 0) is 9.59 Å². The van der Waals surface area contributed by atoms with Crippen molar-refractivity contribution in [2.24, 2.45) is 0 Å². The number of ketones is 1. The van der Waals surface area contributed by atoms with Crippen LogP contribution in [0, 0.1) is 6.92 Å². The van der Waals surface area contributed by atoms with E-state index in [9.17, 15) is 14.7 Å². The first-order chi connectivity index (χ1) is 17.9. The number of nitrogens with zero attached hydrogens (tertiary/aromatic N) is 2. The van der Waals surface area contributed by atoms with Gasteiger partial charge in [-0.25, -0.2) is 4.98 Å². The summed E-state index contributed by atoms with van der Waals surface area (Å²) in [5.41, 5.74) is 2.80. The van der Waals surface area contributed by atoms with Crippen molar-refractivity contribution in [3.05, 3.63) is 89.0 Å². The van der Waals surface area contributed by atoms with E-state index in [0.717, 1.165) is 16.7 Å². The highest BCUT2D eigenvalue weighted by Crippen LogP contribution is 2.45. The molecule has 1 N–H and O–H groups in total. The zero-order valence-electron chi connectivity index (χ0n) is 20.7. The van der Waals surface area contributed by atoms with E-state index in [-0.39, 0.29) is 11.3 Å². The molecule has 8 heteroatoms. The van der Waals surface area contributed by atoms with E-state index in [1.165, 1.54) is 16.2 Å². The lowest BCUT2D eigenvalue weighted by Crippen LogP contribution is -2.29. The third kappa shape index (κ3) is 4.56. The van der Waals surface area contributed by atoms with E-state index in [4.69, 9.17) is 9.47 Å². The number of aliphatic hydroxyl groups excluding tert-OH is 1. The maximum absolute atomic E-state index is 13.5. The fourth-order valence-corrected chi connectivity index (χ4v) is 5.35. The quantitative estimate of drug-likeness (QED) is 0.184. The molecule has 1 aliphatic heterocycles. The van der Waals surface area contributed by atoms with Gasteiger partial charge in [-0.05, 0) is 49.2 Å². The Bertz CT molecular complexity index is 1520. The van der Waals surface area contributed by atoms with Crippen molar-refractivity contribution in [3.8, 4) is 11.5 Å². The minimum atomic E-state index is -0.881. The van der Waals surface area contributed by atoms with Gasteiger partial charge in [0.25, 0.3) is 5.78 Å². The zero-order chi connectivity index (χ0) is 26.1. The molecule has 1 atom stereocenters. The van der Waals surface area contributed by atoms with Crippen molar-refractivity contribution in [3.63, 3.8) is 0 Å². The lowest BCUT2D eigenvalue weighted by atomic mass is 9.95. The molecule has 3 aromatic carbocycles. The first-order valence-corrected chi connectivity index (χ1v) is 12.8. The number of amides is 1. The number of carbonyl (C=O) groups is 2. The lowest BCUT2D eigenvalue weighted by Gasteiger charge is -2.23. The number of anilines is 1. The Morgan fingerprint density at radius 1 is 1.05 bits per heavy atom. The first-order valence-electron chi connectivity index (χ1n) is 12.0. The Morgan fingerprint density at radius 2 is 1.84 bits per heavy atom. The van der Waals surface area contributed by atoms with E-state index >= 15 is 0 Å². The number of aliphatic hydroxyl groups is 1. The molecule has 0 radical (unpaired) electrons. The van der Waals surface area contributed by atoms with E-state index < -0.39 is 17.7 Å². The summed E-state index contributed by atoms with van der Waals surface area (Å²) in [4.78, 5) is 33.0. The van der Waals surface area contributed by atoms with Crippen molar-refractivity contribution in [1.29, 1.82) is 0 Å². The summed E-state index contributed by atoms with van der Waals surface area (Å²) in [6, 6.07) is 19.0. The van der Waals surface area contributed by atoms with E-state index in [1.54, 1.807) is 31.4 Å². The van der Waals surface area contributed by atoms with E-state index in [2.05, 4.69) is 4.98 Å². The molecule has 188 valence electrons. The number of hydrogen-bond donors (Lipinski definition) is 1. The topological polar surface area (TPSA) is 89.0 Å². The number of Topliss-reactive ketones (excluding diaryl/α,β-unsaturated/α-hetero) is 1. The number of hydrogen-bond acceptors (Lipinski definition) is 7. The number of benzene rings is 3. The molecule has 1 aromatic heterocycles. The molecule has 0 spiro atoms. The molecule has 0 bridgehead atoms. The normalized spacial score (nSPS) is 16.9. The van der Waals surface area contributed by atoms with Crippen LogP contribution in [-0.4, -0.2) is 35.5 Å². The Labute approximate surface area is 218 Å². The maximum Gasteiger partial charge on any atom is 0.301 e. The summed E-state index contributed by atoms with van der Waals surface area (Å²) in [6.45, 7) is 4.49. The number of carbonyl (C=O) groups excluding carboxylic acids is 2. The second-order valence-corrected chi connectivity index (χ2v) is 9.80. The van der Waals surface area contributed by atoms with Gasteiger partial charge in [0.05, 0.1) is 35.5 Å². The molecule has 5 rings (SSSR count). The highest BCUT2D eigenvalue weighted by Gasteiger charge is 2.48. The van der Waals surface area contributed by atoms with Gasteiger partial charge in [0.2, 0.25) is 0 Å². The molecule has 0 unspecified atom stereocenters. The van der Waals surface area contributed by atoms with Gasteiger partial charge >= 0.3 is 5.91 Å². The van der Waals surface area contributed by atoms with Crippen LogP contribution in [0.5, 0.6) is 11.5 Å². The number of methoxy groups -OCH3 is 1. The number of aromatic nitrogens is 1. The number of rotatable bonds is 7. The molecular weight excluding hydrogens is 488 g/mol. The van der Waals surface area contributed by atoms with Crippen LogP contribution in [0.2, 0.25) is 0 Å². The van der Waals surface area contributed by atoms with Crippen LogP contribution < -0.4 is 14.4 Å². The van der Waals surface area contributed by atoms with Gasteiger partial charge < -0.3 is 14.6 Å². The average molecular weight is 515 g/mol. The van der Waals surface area contributed by atoms with Crippen LogP contribution in [0.15, 0.2) is 72.3 Å². The van der Waals surface area contributed by atoms with Crippen LogP contribution in [0.1, 0.15) is 36.1 Å². The van der Waals surface area contributed by atoms with Crippen LogP contribution >= 0.6 is 11.3 Å². The predicted molar refractivity (Wildman–Crippen MR) is 144 cm³/mol. The highest BCUT2D eigenvalue weighted by molar-refractivity contribution is 7.22. The van der Waals surface area contributed by atoms with Crippen LogP contribution in [0.3, 0.4) is 0 Å². The molecule has 37 heavy (non-hydrogen) atoms. The van der Waals surface area contributed by atoms with E-state index in [0.29, 0.717) is 39.9 Å². The molecule has 2 heterocycles. The van der Waals surface area contributed by atoms with Gasteiger partial charge in [-0.2, -0.15) is 0 Å². The fraction of sp³-hybridized carbons (Fsp3) is 0.207. The van der Waals surface area contributed by atoms with Gasteiger partial charge in [-0.1, -0.05) is 60.2 Å². The van der Waals surface area contributed by atoms with Gasteiger partial charge in [-0.15, -0.1) is 0 Å². The summed E-state index contributed by atoms with van der Waals surface area (Å²) in [5, 5.41) is 11.7. The summed E-state index contributed by atoms with van der Waals surface area (Å²) < 4.78 is 12.0. The van der Waals surface area contributed by atoms with Crippen LogP contribution in [0.4, 0.5) is 5.13 Å². The largest absolute Gasteiger partial charge is 0.507 e. The minimum absolute atomic E-state index is 0.0123. The molecular formula is C29H26N2O5S. The second-order valence-electron chi connectivity index (χ2n) is 8.79. The predicted octanol–water partition coefficient (Wildman–Crippen LogP) is 6.03. The Balaban J connectivity index is 1.69. The Morgan fingerprint density at radius 3 is 2.57 bits per heavy atom. The summed E-state index contributed by atoms with van der Waals surface area (Å²) in [6.07, 6.45) is 0.839.